The van der Waals surface area contributed by atoms with Crippen LogP contribution < -0.4 is 0 Å². The summed E-state index contributed by atoms with van der Waals surface area (Å²) in [6.45, 7) is 29.1. The van der Waals surface area contributed by atoms with Crippen molar-refractivity contribution in [2.75, 3.05) is 0 Å². The normalized spacial score (nSPS) is 15.5. The molecule has 0 spiro atoms. The van der Waals surface area contributed by atoms with Crippen molar-refractivity contribution in [3.63, 3.8) is 0 Å². The molecule has 14 aromatic carbocycles. The van der Waals surface area contributed by atoms with Crippen molar-refractivity contribution in [2.45, 2.75) is 116 Å². The van der Waals surface area contributed by atoms with Crippen LogP contribution >= 0.6 is 0 Å². The van der Waals surface area contributed by atoms with Crippen molar-refractivity contribution >= 4 is 21.5 Å². The lowest BCUT2D eigenvalue weighted by Crippen LogP contribution is -2.44. The van der Waals surface area contributed by atoms with Gasteiger partial charge in [-0.05, 0) is 185 Å². The number of fused-ring (bicyclic) bond motifs is 17. The third kappa shape index (κ3) is 10.5. The maximum absolute atomic E-state index is 5.06. The smallest absolute Gasteiger partial charge is 0.164 e. The van der Waals surface area contributed by atoms with Gasteiger partial charge in [-0.2, -0.15) is 0 Å². The molecule has 0 amide bonds. The topological polar surface area (TPSA) is 77.3 Å². The summed E-state index contributed by atoms with van der Waals surface area (Å²) in [5.41, 5.74) is 32.2. The lowest BCUT2D eigenvalue weighted by molar-refractivity contribution is 0.298. The Labute approximate surface area is 645 Å². The minimum absolute atomic E-state index is 0.0203. The second-order valence-corrected chi connectivity index (χ2v) is 33.7. The first kappa shape index (κ1) is 68.2. The van der Waals surface area contributed by atoms with Crippen molar-refractivity contribution in [3.8, 4) is 135 Å². The minimum atomic E-state index is -0.236. The van der Waals surface area contributed by atoms with Gasteiger partial charge in [-0.3, -0.25) is 0 Å². The first-order chi connectivity index (χ1) is 53.1. The summed E-state index contributed by atoms with van der Waals surface area (Å²) in [6, 6.07) is 109. The molecule has 0 atom stereocenters. The summed E-state index contributed by atoms with van der Waals surface area (Å²) in [5, 5.41) is 5.17. The molecule has 110 heavy (non-hydrogen) atoms. The van der Waals surface area contributed by atoms with E-state index in [-0.39, 0.29) is 32.5 Å². The quantitative estimate of drug-likeness (QED) is 0.151. The standard InChI is InChI=1S/2C52H43N3/c1-50(2)43-31-40(34-22-17-23-35(30-34)49-54-47(32-18-9-7-10-19-32)53-48(55-49)33-20-11-8-12-21-33)36-24-13-14-25-37(36)44(43)39-28-29-42-45(46(39)50)38-26-15-16-27-41(38)51(3,4)52(42,5)6;1-50(2)43-29-37(32-21-23-36(24-22-32)49-54-47(34-16-9-7-10-17-34)53-48(55-49)35-18-11-8-12-19-35)25-27-39(43)40-30-45-41(31-44(40)50)46-38-20-14-13-15-33(38)26-28-42(46)51(3,4)52(45,5)6/h2*7-31H,1-6H3. The first-order valence-electron chi connectivity index (χ1n) is 38.7. The molecule has 0 bridgehead atoms. The van der Waals surface area contributed by atoms with E-state index in [2.05, 4.69) is 289 Å². The minimum Gasteiger partial charge on any atom is -0.208 e. The van der Waals surface area contributed by atoms with Gasteiger partial charge < -0.3 is 0 Å². The molecule has 2 heterocycles. The molecular weight excluding hydrogens is 1330 g/mol. The Kier molecular flexibility index (Phi) is 15.6. The molecule has 0 radical (unpaired) electrons. The molecule has 0 aliphatic heterocycles. The second-order valence-electron chi connectivity index (χ2n) is 33.7. The van der Waals surface area contributed by atoms with Gasteiger partial charge in [0, 0.05) is 44.2 Å². The maximum atomic E-state index is 5.06. The highest BCUT2D eigenvalue weighted by atomic mass is 15.0. The van der Waals surface area contributed by atoms with Crippen LogP contribution in [0.3, 0.4) is 0 Å². The van der Waals surface area contributed by atoms with Crippen molar-refractivity contribution in [3.05, 3.63) is 348 Å². The van der Waals surface area contributed by atoms with Gasteiger partial charge in [0.05, 0.1) is 0 Å². The molecule has 0 N–H and O–H groups in total. The van der Waals surface area contributed by atoms with Gasteiger partial charge in [0.25, 0.3) is 0 Å². The van der Waals surface area contributed by atoms with Gasteiger partial charge in [0.15, 0.2) is 34.9 Å². The van der Waals surface area contributed by atoms with Crippen LogP contribution in [0, 0.1) is 0 Å². The molecule has 0 unspecified atom stereocenters. The number of aromatic nitrogens is 6. The van der Waals surface area contributed by atoms with E-state index < -0.39 is 0 Å². The number of hydrogen-bond donors (Lipinski definition) is 0. The van der Waals surface area contributed by atoms with Crippen LogP contribution in [-0.2, 0) is 32.5 Å². The van der Waals surface area contributed by atoms with Crippen molar-refractivity contribution in [1.29, 1.82) is 0 Å². The van der Waals surface area contributed by atoms with Crippen LogP contribution in [0.5, 0.6) is 0 Å². The highest BCUT2D eigenvalue weighted by Crippen LogP contribution is 2.63. The third-order valence-electron chi connectivity index (χ3n) is 26.2. The van der Waals surface area contributed by atoms with E-state index in [4.69, 9.17) is 29.9 Å². The van der Waals surface area contributed by atoms with E-state index in [1.807, 2.05) is 97.1 Å². The number of hydrogen-bond acceptors (Lipinski definition) is 6. The summed E-state index contributed by atoms with van der Waals surface area (Å²) >= 11 is 0. The van der Waals surface area contributed by atoms with E-state index in [9.17, 15) is 0 Å². The Balaban J connectivity index is 0.000000149. The Hall–Kier alpha value is -12.4. The van der Waals surface area contributed by atoms with Crippen molar-refractivity contribution < 1.29 is 0 Å². The molecule has 0 saturated carbocycles. The van der Waals surface area contributed by atoms with Gasteiger partial charge in [-0.15, -0.1) is 0 Å². The molecule has 6 nitrogen and oxygen atoms in total. The predicted octanol–water partition coefficient (Wildman–Crippen LogP) is 26.5. The highest BCUT2D eigenvalue weighted by Gasteiger charge is 2.51. The summed E-state index contributed by atoms with van der Waals surface area (Å²) in [6.07, 6.45) is 0. The first-order valence-corrected chi connectivity index (χ1v) is 38.7. The summed E-state index contributed by atoms with van der Waals surface area (Å²) < 4.78 is 0. The molecule has 0 fully saturated rings. The van der Waals surface area contributed by atoms with Crippen LogP contribution in [0.1, 0.15) is 128 Å². The van der Waals surface area contributed by atoms with Crippen LogP contribution in [0.2, 0.25) is 0 Å². The zero-order valence-corrected chi connectivity index (χ0v) is 64.6. The molecule has 4 aliphatic carbocycles. The molecule has 2 aromatic heterocycles. The molecular formula is C104H86N6. The lowest BCUT2D eigenvalue weighted by atomic mass is 9.54. The van der Waals surface area contributed by atoms with Gasteiger partial charge in [-0.1, -0.05) is 356 Å². The predicted molar refractivity (Wildman–Crippen MR) is 456 cm³/mol. The summed E-state index contributed by atoms with van der Waals surface area (Å²) in [5.74, 6) is 3.97. The SMILES string of the molecule is CC1(C)c2cc(-c3ccc(-c4nc(-c5ccccc5)nc(-c5ccccc5)n4)cc3)ccc2-c2cc3c(cc21)-c1c(ccc2ccccc12)C(C)(C)C3(C)C.CC1(C)c2cc(-c3cccc(-c4nc(-c5ccccc5)nc(-c5ccccc5)n4)c3)c3ccccc3c2-c2ccc3c(c21)-c1ccccc1C(C)(C)C3(C)C. The van der Waals surface area contributed by atoms with Gasteiger partial charge in [0.2, 0.25) is 0 Å². The summed E-state index contributed by atoms with van der Waals surface area (Å²) in [7, 11) is 0. The lowest BCUT2D eigenvalue weighted by Gasteiger charge is -2.49. The fraction of sp³-hybridized carbons (Fsp3) is 0.173. The van der Waals surface area contributed by atoms with E-state index >= 15 is 0 Å². The van der Waals surface area contributed by atoms with Gasteiger partial charge >= 0.3 is 0 Å². The monoisotopic (exact) mass is 1420 g/mol. The highest BCUT2D eigenvalue weighted by molar-refractivity contribution is 6.11. The van der Waals surface area contributed by atoms with Crippen LogP contribution in [0.4, 0.5) is 0 Å². The molecule has 0 saturated heterocycles. The molecule has 16 aromatic rings. The fourth-order valence-electron chi connectivity index (χ4n) is 18.7. The number of benzene rings is 14. The average Bonchev–Trinajstić information content (AvgIpc) is 1.41. The number of nitrogens with zero attached hydrogens (tertiary/aromatic N) is 6. The molecule has 6 heteroatoms. The Bertz CT molecular complexity index is 6310. The van der Waals surface area contributed by atoms with Crippen molar-refractivity contribution in [1.82, 2.24) is 29.9 Å². The second kappa shape index (κ2) is 25.1. The Morgan fingerprint density at radius 1 is 0.182 bits per heavy atom. The van der Waals surface area contributed by atoms with Gasteiger partial charge in [0.1, 0.15) is 0 Å². The largest absolute Gasteiger partial charge is 0.208 e. The van der Waals surface area contributed by atoms with Crippen LogP contribution in [0.15, 0.2) is 303 Å². The van der Waals surface area contributed by atoms with Gasteiger partial charge in [-0.25, -0.2) is 29.9 Å². The molecule has 4 aliphatic rings. The summed E-state index contributed by atoms with van der Waals surface area (Å²) in [4.78, 5) is 29.8. The molecule has 20 rings (SSSR count). The fourth-order valence-corrected chi connectivity index (χ4v) is 18.7. The van der Waals surface area contributed by atoms with E-state index in [0.29, 0.717) is 34.9 Å². The Morgan fingerprint density at radius 2 is 0.573 bits per heavy atom. The van der Waals surface area contributed by atoms with E-state index in [1.165, 1.54) is 127 Å². The van der Waals surface area contributed by atoms with E-state index in [1.54, 1.807) is 0 Å². The van der Waals surface area contributed by atoms with Crippen LogP contribution in [0.25, 0.3) is 157 Å². The molecule has 532 valence electrons. The van der Waals surface area contributed by atoms with Crippen molar-refractivity contribution in [2.24, 2.45) is 0 Å². The zero-order chi connectivity index (χ0) is 75.4. The third-order valence-corrected chi connectivity index (χ3v) is 26.2. The van der Waals surface area contributed by atoms with E-state index in [0.717, 1.165) is 38.9 Å². The number of rotatable bonds is 8. The Morgan fingerprint density at radius 3 is 1.15 bits per heavy atom. The van der Waals surface area contributed by atoms with Crippen LogP contribution in [-0.4, -0.2) is 29.9 Å². The zero-order valence-electron chi connectivity index (χ0n) is 64.6. The average molecular weight is 1420 g/mol. The maximum Gasteiger partial charge on any atom is 0.164 e.